The monoisotopic (exact) mass is 980 g/mol. The molecule has 17 heteroatoms. The van der Waals surface area contributed by atoms with Gasteiger partial charge >= 0.3 is 0 Å². The first-order valence-electron chi connectivity index (χ1n) is 25.9. The van der Waals surface area contributed by atoms with E-state index in [2.05, 4.69) is 46.8 Å². The third-order valence-electron chi connectivity index (χ3n) is 16.6. The number of nitrogens with one attached hydrogen (secondary N) is 3. The molecule has 5 fully saturated rings. The number of terminal acetylenes is 1. The molecule has 2 aromatic carbocycles. The molecular formula is C55H69N11O6. The number of fused-ring (bicyclic) bond motifs is 3. The minimum absolute atomic E-state index is 0.0172. The first kappa shape index (κ1) is 49.1. The zero-order valence-electron chi connectivity index (χ0n) is 42.0. The van der Waals surface area contributed by atoms with Crippen LogP contribution in [-0.2, 0) is 20.9 Å². The van der Waals surface area contributed by atoms with Gasteiger partial charge in [-0.15, -0.1) is 16.6 Å². The fourth-order valence-electron chi connectivity index (χ4n) is 12.4. The summed E-state index contributed by atoms with van der Waals surface area (Å²) in [6.45, 7) is 11.2. The molecule has 0 bridgehead atoms. The predicted octanol–water partition coefficient (Wildman–Crippen LogP) is 5.08. The Hall–Kier alpha value is -6.51. The van der Waals surface area contributed by atoms with Crippen molar-refractivity contribution >= 4 is 35.2 Å². The number of hydrogen-bond donors (Lipinski definition) is 5. The summed E-state index contributed by atoms with van der Waals surface area (Å²) in [5.74, 6) is 4.26. The van der Waals surface area contributed by atoms with Gasteiger partial charge in [0.05, 0.1) is 30.6 Å². The molecule has 2 saturated carbocycles. The molecule has 0 radical (unpaired) electrons. The number of hydrogen-bond acceptors (Lipinski definition) is 14. The SMILES string of the molecule is C#Cc1ccc(CNC(=O)[C@@H]2C[C@@H](O)CN2C(=O)[C@@H](NC(=O)C2CCC3(CC2)CC(N2CCC(c4cnc(N5CCN6c7cc(-c8ccccc8O)nnc7NC[C@H]6C5)nc4)CC2)C3)C(C)(C)C)c(OC)c1. The van der Waals surface area contributed by atoms with Crippen LogP contribution in [0.5, 0.6) is 11.5 Å². The fourth-order valence-corrected chi connectivity index (χ4v) is 12.4. The molecule has 4 aliphatic heterocycles. The number of β-amino-alcohol motifs (C(OH)–C–C–N with tert-alkyl or cyclic N) is 1. The van der Waals surface area contributed by atoms with Crippen LogP contribution in [0, 0.1) is 29.1 Å². The van der Waals surface area contributed by atoms with Gasteiger partial charge in [-0.1, -0.05) is 44.9 Å². The Morgan fingerprint density at radius 1 is 0.944 bits per heavy atom. The van der Waals surface area contributed by atoms with Crippen LogP contribution in [-0.4, -0.2) is 141 Å². The van der Waals surface area contributed by atoms with Crippen LogP contribution in [0.4, 0.5) is 17.5 Å². The lowest BCUT2D eigenvalue weighted by Gasteiger charge is -2.55. The zero-order chi connectivity index (χ0) is 50.3. The number of aromatic nitrogens is 4. The van der Waals surface area contributed by atoms with E-state index in [1.807, 2.05) is 51.4 Å². The topological polar surface area (TPSA) is 202 Å². The van der Waals surface area contributed by atoms with Gasteiger partial charge in [0.15, 0.2) is 5.82 Å². The number of aliphatic hydroxyl groups excluding tert-OH is 1. The Morgan fingerprint density at radius 3 is 2.40 bits per heavy atom. The number of amides is 3. The fraction of sp³-hybridized carbons (Fsp3) is 0.545. The molecule has 0 unspecified atom stereocenters. The number of rotatable bonds is 11. The first-order chi connectivity index (χ1) is 34.7. The summed E-state index contributed by atoms with van der Waals surface area (Å²) in [5.41, 5.74) is 4.55. The zero-order valence-corrected chi connectivity index (χ0v) is 42.0. The predicted molar refractivity (Wildman–Crippen MR) is 274 cm³/mol. The van der Waals surface area contributed by atoms with E-state index in [0.29, 0.717) is 34.5 Å². The molecule has 1 spiro atoms. The van der Waals surface area contributed by atoms with Crippen molar-refractivity contribution in [2.24, 2.45) is 16.7 Å². The molecule has 17 nitrogen and oxygen atoms in total. The number of aromatic hydroxyl groups is 1. The highest BCUT2D eigenvalue weighted by Crippen LogP contribution is 2.55. The van der Waals surface area contributed by atoms with E-state index in [9.17, 15) is 24.6 Å². The number of likely N-dealkylation sites (tertiary alicyclic amines) is 2. The van der Waals surface area contributed by atoms with Crippen molar-refractivity contribution in [3.8, 4) is 35.1 Å². The minimum atomic E-state index is -0.878. The average molecular weight is 980 g/mol. The molecule has 6 heterocycles. The molecule has 6 aliphatic rings. The Morgan fingerprint density at radius 2 is 1.69 bits per heavy atom. The summed E-state index contributed by atoms with van der Waals surface area (Å²) in [7, 11) is 1.54. The number of ether oxygens (including phenoxy) is 1. The lowest BCUT2D eigenvalue weighted by molar-refractivity contribution is -0.145. The quantitative estimate of drug-likeness (QED) is 0.125. The number of carbonyl (C=O) groups is 3. The summed E-state index contributed by atoms with van der Waals surface area (Å²) in [6, 6.07) is 13.6. The second-order valence-corrected chi connectivity index (χ2v) is 22.2. The van der Waals surface area contributed by atoms with Crippen molar-refractivity contribution in [2.75, 3.05) is 68.0 Å². The van der Waals surface area contributed by atoms with Crippen LogP contribution in [0.3, 0.4) is 0 Å². The van der Waals surface area contributed by atoms with Gasteiger partial charge in [0, 0.05) is 86.7 Å². The molecule has 3 saturated heterocycles. The van der Waals surface area contributed by atoms with Gasteiger partial charge < -0.3 is 50.5 Å². The number of phenols is 1. The van der Waals surface area contributed by atoms with Crippen molar-refractivity contribution in [2.45, 2.75) is 121 Å². The van der Waals surface area contributed by atoms with E-state index in [1.165, 1.54) is 17.6 Å². The van der Waals surface area contributed by atoms with E-state index >= 15 is 0 Å². The van der Waals surface area contributed by atoms with Crippen LogP contribution in [0.2, 0.25) is 0 Å². The van der Waals surface area contributed by atoms with Crippen LogP contribution < -0.4 is 30.5 Å². The number of para-hydroxylation sites is 1. The third-order valence-corrected chi connectivity index (χ3v) is 16.6. The summed E-state index contributed by atoms with van der Waals surface area (Å²) in [6.07, 6.45) is 17.0. The molecule has 4 atom stereocenters. The second-order valence-electron chi connectivity index (χ2n) is 22.2. The second kappa shape index (κ2) is 20.2. The molecule has 4 aromatic rings. The van der Waals surface area contributed by atoms with Gasteiger partial charge in [-0.2, -0.15) is 0 Å². The number of methoxy groups -OCH3 is 1. The van der Waals surface area contributed by atoms with Crippen molar-refractivity contribution in [3.63, 3.8) is 0 Å². The lowest BCUT2D eigenvalue weighted by atomic mass is 9.56. The van der Waals surface area contributed by atoms with E-state index in [0.717, 1.165) is 114 Å². The molecule has 5 N–H and O–H groups in total. The maximum absolute atomic E-state index is 14.3. The number of piperidine rings is 1. The van der Waals surface area contributed by atoms with Crippen LogP contribution >= 0.6 is 0 Å². The molecule has 380 valence electrons. The molecule has 10 rings (SSSR count). The molecular weight excluding hydrogens is 911 g/mol. The maximum Gasteiger partial charge on any atom is 0.246 e. The highest BCUT2D eigenvalue weighted by Gasteiger charge is 2.50. The molecule has 2 aliphatic carbocycles. The normalized spacial score (nSPS) is 25.8. The Labute approximate surface area is 422 Å². The summed E-state index contributed by atoms with van der Waals surface area (Å²) in [4.78, 5) is 60.5. The van der Waals surface area contributed by atoms with Gasteiger partial charge in [-0.25, -0.2) is 9.97 Å². The van der Waals surface area contributed by atoms with E-state index < -0.39 is 23.6 Å². The lowest BCUT2D eigenvalue weighted by Crippen LogP contribution is -2.59. The van der Waals surface area contributed by atoms with Crippen LogP contribution in [0.25, 0.3) is 11.3 Å². The number of nitrogens with zero attached hydrogens (tertiary/aromatic N) is 8. The number of anilines is 3. The van der Waals surface area contributed by atoms with Crippen LogP contribution in [0.15, 0.2) is 60.9 Å². The van der Waals surface area contributed by atoms with Crippen molar-refractivity contribution in [1.29, 1.82) is 0 Å². The Balaban J connectivity index is 0.669. The minimum Gasteiger partial charge on any atom is -0.507 e. The van der Waals surface area contributed by atoms with E-state index in [-0.39, 0.29) is 60.4 Å². The molecule has 3 amide bonds. The molecule has 2 aromatic heterocycles. The maximum atomic E-state index is 14.3. The van der Waals surface area contributed by atoms with Crippen molar-refractivity contribution in [1.82, 2.24) is 40.6 Å². The van der Waals surface area contributed by atoms with Gasteiger partial charge in [0.2, 0.25) is 23.7 Å². The Kier molecular flexibility index (Phi) is 13.8. The van der Waals surface area contributed by atoms with Crippen molar-refractivity contribution in [3.05, 3.63) is 77.6 Å². The average Bonchev–Trinajstić information content (AvgIpc) is 3.79. The van der Waals surface area contributed by atoms with E-state index in [1.54, 1.807) is 30.3 Å². The van der Waals surface area contributed by atoms with Gasteiger partial charge in [-0.05, 0) is 117 Å². The number of carbonyl (C=O) groups excluding carboxylic acids is 3. The Bertz CT molecular complexity index is 2680. The highest BCUT2D eigenvalue weighted by molar-refractivity contribution is 5.93. The smallest absolute Gasteiger partial charge is 0.246 e. The van der Waals surface area contributed by atoms with Gasteiger partial charge in [0.1, 0.15) is 23.6 Å². The standard InChI is InChI=1S/C55H69N11O6/c1-6-34-11-12-37(47(23-34)72-5)28-57-51(70)45-24-41(67)33-66(45)52(71)48(54(2,3)4)60-50(69)36-13-17-55(18-14-36)26-39(27-55)63-19-15-35(16-20-63)38-29-58-53(59-30-38)64-21-22-65-40(32-64)31-56-49-44(65)25-43(61-62-49)42-9-7-8-10-46(42)68/h1,7-12,23,25,29-30,35-36,39-41,45,48,67-68H,13-22,24,26-28,31-33H2,2-5H3,(H,56,62)(H,57,70)(H,60,69)/t36?,39?,40-,41+,45-,48+,55?/m0/s1. The first-order valence-corrected chi connectivity index (χ1v) is 25.9. The van der Waals surface area contributed by atoms with E-state index in [4.69, 9.17) is 21.1 Å². The number of benzene rings is 2. The largest absolute Gasteiger partial charge is 0.507 e. The van der Waals surface area contributed by atoms with Crippen LogP contribution in [0.1, 0.15) is 101 Å². The molecule has 72 heavy (non-hydrogen) atoms. The summed E-state index contributed by atoms with van der Waals surface area (Å²) in [5, 5.41) is 39.5. The van der Waals surface area contributed by atoms with Gasteiger partial charge in [-0.3, -0.25) is 14.4 Å². The van der Waals surface area contributed by atoms with Crippen molar-refractivity contribution < 1.29 is 29.3 Å². The number of piperazine rings is 1. The number of phenolic OH excluding ortho intramolecular Hbond substituents is 1. The third kappa shape index (κ3) is 10.00. The summed E-state index contributed by atoms with van der Waals surface area (Å²) < 4.78 is 5.48. The van der Waals surface area contributed by atoms with Gasteiger partial charge in [0.25, 0.3) is 0 Å². The number of aliphatic hydroxyl groups is 1. The highest BCUT2D eigenvalue weighted by atomic mass is 16.5. The summed E-state index contributed by atoms with van der Waals surface area (Å²) >= 11 is 0.